The van der Waals surface area contributed by atoms with Gasteiger partial charge in [-0.05, 0) is 0 Å². The second-order valence-electron chi connectivity index (χ2n) is 8.70. The Morgan fingerprint density at radius 3 is 1.65 bits per heavy atom. The first kappa shape index (κ1) is 30.2. The Bertz CT molecular complexity index is 979. The van der Waals surface area contributed by atoms with Crippen LogP contribution < -0.4 is 0 Å². The molecule has 0 radical (unpaired) electrons. The molecule has 7 heteroatoms. The van der Waals surface area contributed by atoms with Crippen molar-refractivity contribution in [3.63, 3.8) is 0 Å². The first-order chi connectivity index (χ1) is 18.2. The zero-order valence-corrected chi connectivity index (χ0v) is 28.0. The molecule has 5 atom stereocenters. The van der Waals surface area contributed by atoms with Gasteiger partial charge in [-0.3, -0.25) is 0 Å². The summed E-state index contributed by atoms with van der Waals surface area (Å²) in [6.45, 7) is 5.58. The molecule has 1 saturated heterocycles. The van der Waals surface area contributed by atoms with E-state index in [-0.39, 0.29) is 12.2 Å². The molecule has 0 aromatic heterocycles. The second kappa shape index (κ2) is 17.3. The molecule has 1 aliphatic rings. The molecule has 0 saturated carbocycles. The maximum atomic E-state index is 11.2. The molecular weight excluding hydrogens is 676 g/mol. The summed E-state index contributed by atoms with van der Waals surface area (Å²) in [5, 5.41) is 11.2. The number of ether oxygens (including phenoxy) is 4. The summed E-state index contributed by atoms with van der Waals surface area (Å²) in [4.78, 5) is 0. The Labute approximate surface area is 236 Å². The van der Waals surface area contributed by atoms with Crippen LogP contribution in [-0.2, 0) is 62.1 Å². The third kappa shape index (κ3) is 9.74. The van der Waals surface area contributed by atoms with Crippen LogP contribution in [0, 0.1) is 0 Å². The predicted octanol–water partition coefficient (Wildman–Crippen LogP) is 6.18. The molecule has 3 aromatic rings. The van der Waals surface area contributed by atoms with E-state index in [1.165, 1.54) is 0 Å². The van der Waals surface area contributed by atoms with Gasteiger partial charge in [0.25, 0.3) is 0 Å². The van der Waals surface area contributed by atoms with Crippen molar-refractivity contribution in [1.29, 1.82) is 0 Å². The van der Waals surface area contributed by atoms with Crippen LogP contribution in [0.4, 0.5) is 0 Å². The van der Waals surface area contributed by atoms with Crippen molar-refractivity contribution in [2.24, 2.45) is 0 Å². The number of halogens is 1. The summed E-state index contributed by atoms with van der Waals surface area (Å²) >= 11 is -1.59. The van der Waals surface area contributed by atoms with Gasteiger partial charge in [-0.1, -0.05) is 13.8 Å². The van der Waals surface area contributed by atoms with Crippen molar-refractivity contribution in [3.05, 3.63) is 108 Å². The van der Waals surface area contributed by atoms with Gasteiger partial charge in [-0.15, -0.1) is 0 Å². The summed E-state index contributed by atoms with van der Waals surface area (Å²) in [5.74, 6) is 0. The van der Waals surface area contributed by atoms with E-state index >= 15 is 0 Å². The molecule has 5 unspecified atom stereocenters. The van der Waals surface area contributed by atoms with E-state index < -0.39 is 41.7 Å². The summed E-state index contributed by atoms with van der Waals surface area (Å²) in [6, 6.07) is 30.0. The third-order valence-electron chi connectivity index (χ3n) is 6.12. The van der Waals surface area contributed by atoms with Crippen LogP contribution in [0.25, 0.3) is 0 Å². The summed E-state index contributed by atoms with van der Waals surface area (Å²) < 4.78 is 25.8. The van der Waals surface area contributed by atoms with Gasteiger partial charge >= 0.3 is 224 Å². The molecule has 1 N–H and O–H groups in total. The standard InChI is InChI=1S/C28H31O5.C2H6.ClH.Hg/c1-21-26(29)28(32-19-24-15-9-4-10-16-24)27(31-18-23-13-7-3-8-14-23)25(33-21)20-30-17-22-11-5-2-6-12-22;1-2;;/h2-16,21,25-29H,1,17-20H2;1-2H3;1H;/q;;;+1/p-1. The van der Waals surface area contributed by atoms with Crippen molar-refractivity contribution in [3.8, 4) is 0 Å². The van der Waals surface area contributed by atoms with E-state index in [4.69, 9.17) is 27.2 Å². The molecule has 0 bridgehead atoms. The van der Waals surface area contributed by atoms with Gasteiger partial charge in [0.05, 0.1) is 0 Å². The van der Waals surface area contributed by atoms with Crippen molar-refractivity contribution >= 4 is 8.25 Å². The topological polar surface area (TPSA) is 57.2 Å². The van der Waals surface area contributed by atoms with E-state index in [1.807, 2.05) is 105 Å². The number of hydrogen-bond donors (Lipinski definition) is 1. The first-order valence-electron chi connectivity index (χ1n) is 13.1. The van der Waals surface area contributed by atoms with Gasteiger partial charge in [0.2, 0.25) is 0 Å². The minimum absolute atomic E-state index is 0.335. The van der Waals surface area contributed by atoms with Crippen LogP contribution in [0.1, 0.15) is 30.5 Å². The second-order valence-corrected chi connectivity index (χ2v) is 15.7. The van der Waals surface area contributed by atoms with Gasteiger partial charge < -0.3 is 0 Å². The molecule has 37 heavy (non-hydrogen) atoms. The van der Waals surface area contributed by atoms with Crippen molar-refractivity contribution in [1.82, 2.24) is 0 Å². The molecule has 0 spiro atoms. The number of rotatable bonds is 12. The van der Waals surface area contributed by atoms with Crippen LogP contribution in [0.5, 0.6) is 0 Å². The van der Waals surface area contributed by atoms with Crippen LogP contribution >= 0.6 is 8.25 Å². The van der Waals surface area contributed by atoms with E-state index in [9.17, 15) is 5.11 Å². The van der Waals surface area contributed by atoms with E-state index in [0.717, 1.165) is 20.6 Å². The average Bonchev–Trinajstić information content (AvgIpc) is 2.96. The Hall–Kier alpha value is -1.31. The monoisotopic (exact) mass is 714 g/mol. The Morgan fingerprint density at radius 1 is 0.703 bits per heavy atom. The summed E-state index contributed by atoms with van der Waals surface area (Å²) in [6.07, 6.45) is -2.61. The van der Waals surface area contributed by atoms with Crippen LogP contribution in [0.15, 0.2) is 91.0 Å². The molecule has 5 nitrogen and oxygen atoms in total. The predicted molar refractivity (Wildman–Crippen MR) is 143 cm³/mol. The quantitative estimate of drug-likeness (QED) is 0.227. The molecule has 4 rings (SSSR count). The minimum atomic E-state index is -1.59. The molecule has 196 valence electrons. The molecule has 1 heterocycles. The van der Waals surface area contributed by atoms with Gasteiger partial charge in [0.1, 0.15) is 0 Å². The van der Waals surface area contributed by atoms with Crippen LogP contribution in [0.3, 0.4) is 0 Å². The number of aliphatic hydroxyl groups is 1. The van der Waals surface area contributed by atoms with Crippen LogP contribution in [-0.4, -0.2) is 42.2 Å². The number of benzene rings is 3. The SMILES string of the molecule is CC.OC1C([CH2][Hg][Cl])OC(COCc2ccccc2)C(OCc2ccccc2)C1OCc1ccccc1. The van der Waals surface area contributed by atoms with E-state index in [2.05, 4.69) is 0 Å². The molecule has 0 aliphatic carbocycles. The maximum absolute atomic E-state index is 11.2. The van der Waals surface area contributed by atoms with Crippen molar-refractivity contribution in [2.45, 2.75) is 68.1 Å². The number of hydrogen-bond acceptors (Lipinski definition) is 5. The molecule has 3 aromatic carbocycles. The summed E-state index contributed by atoms with van der Waals surface area (Å²) in [7, 11) is 6.26. The zero-order valence-electron chi connectivity index (χ0n) is 21.7. The summed E-state index contributed by atoms with van der Waals surface area (Å²) in [5.41, 5.74) is 3.18. The molecule has 0 amide bonds. The Kier molecular flexibility index (Phi) is 14.1. The fraction of sp³-hybridized carbons (Fsp3) is 0.400. The van der Waals surface area contributed by atoms with Crippen LogP contribution in [0.2, 0.25) is 3.93 Å². The van der Waals surface area contributed by atoms with Crippen molar-refractivity contribution < 1.29 is 47.4 Å². The zero-order chi connectivity index (χ0) is 26.3. The Morgan fingerprint density at radius 2 is 1.16 bits per heavy atom. The molecule has 1 fully saturated rings. The van der Waals surface area contributed by atoms with Gasteiger partial charge in [-0.25, -0.2) is 0 Å². The fourth-order valence-corrected chi connectivity index (χ4v) is 8.86. The van der Waals surface area contributed by atoms with Crippen molar-refractivity contribution in [2.75, 3.05) is 6.61 Å². The fourth-order valence-electron chi connectivity index (χ4n) is 4.28. The normalized spacial score (nSPS) is 23.0. The van der Waals surface area contributed by atoms with Gasteiger partial charge in [0, 0.05) is 0 Å². The number of aliphatic hydroxyl groups excluding tert-OH is 1. The molecule has 1 aliphatic heterocycles. The van der Waals surface area contributed by atoms with E-state index in [0.29, 0.717) is 26.4 Å². The Balaban J connectivity index is 0.00000186. The average molecular weight is 714 g/mol. The molecular formula is C30H37ClHgO5. The third-order valence-corrected chi connectivity index (χ3v) is 11.1. The van der Waals surface area contributed by atoms with Gasteiger partial charge in [-0.2, -0.15) is 0 Å². The first-order valence-corrected chi connectivity index (χ1v) is 23.7. The van der Waals surface area contributed by atoms with Gasteiger partial charge in [0.15, 0.2) is 0 Å². The van der Waals surface area contributed by atoms with E-state index in [1.54, 1.807) is 0 Å².